The second-order valence-corrected chi connectivity index (χ2v) is 5.66. The molecule has 2 aromatic heterocycles. The van der Waals surface area contributed by atoms with Crippen molar-refractivity contribution in [1.29, 1.82) is 0 Å². The molecule has 9 nitrogen and oxygen atoms in total. The van der Waals surface area contributed by atoms with Crippen LogP contribution >= 0.6 is 11.6 Å². The van der Waals surface area contributed by atoms with Gasteiger partial charge in [-0.25, -0.2) is 0 Å². The number of amides is 1. The molecule has 3 aromatic rings. The molecule has 0 aliphatic rings. The summed E-state index contributed by atoms with van der Waals surface area (Å²) in [6, 6.07) is 8.64. The van der Waals surface area contributed by atoms with Crippen molar-refractivity contribution in [3.8, 4) is 5.75 Å². The van der Waals surface area contributed by atoms with Crippen molar-refractivity contribution in [3.63, 3.8) is 0 Å². The number of hydrogen-bond donors (Lipinski definition) is 1. The van der Waals surface area contributed by atoms with Crippen LogP contribution in [0.1, 0.15) is 16.3 Å². The largest absolute Gasteiger partial charge is 0.484 e. The van der Waals surface area contributed by atoms with E-state index in [1.54, 1.807) is 30.1 Å². The summed E-state index contributed by atoms with van der Waals surface area (Å²) in [7, 11) is 1.74. The number of furan rings is 1. The Bertz CT molecular complexity index is 965. The molecule has 0 unspecified atom stereocenters. The molecule has 0 bridgehead atoms. The Hall–Kier alpha value is -3.33. The number of halogens is 1. The predicted molar refractivity (Wildman–Crippen MR) is 92.3 cm³/mol. The van der Waals surface area contributed by atoms with Crippen molar-refractivity contribution >= 4 is 29.0 Å². The molecule has 26 heavy (non-hydrogen) atoms. The van der Waals surface area contributed by atoms with Gasteiger partial charge < -0.3 is 14.5 Å². The van der Waals surface area contributed by atoms with Gasteiger partial charge in [0.25, 0.3) is 11.6 Å². The lowest BCUT2D eigenvalue weighted by molar-refractivity contribution is -0.384. The Morgan fingerprint density at radius 1 is 1.38 bits per heavy atom. The molecular formula is C16H13ClN4O5. The Kier molecular flexibility index (Phi) is 4.90. The first-order chi connectivity index (χ1) is 12.4. The number of non-ortho nitro benzene ring substituents is 1. The minimum Gasteiger partial charge on any atom is -0.484 e. The zero-order chi connectivity index (χ0) is 18.7. The number of rotatable bonds is 6. The number of nitrogens with zero attached hydrogens (tertiary/aromatic N) is 3. The molecule has 0 saturated heterocycles. The number of anilines is 1. The van der Waals surface area contributed by atoms with E-state index in [1.165, 1.54) is 24.3 Å². The van der Waals surface area contributed by atoms with Gasteiger partial charge in [-0.2, -0.15) is 5.10 Å². The number of carbonyl (C=O) groups is 1. The molecule has 1 aromatic carbocycles. The van der Waals surface area contributed by atoms with E-state index < -0.39 is 10.8 Å². The van der Waals surface area contributed by atoms with Gasteiger partial charge in [0.05, 0.1) is 9.95 Å². The van der Waals surface area contributed by atoms with Gasteiger partial charge >= 0.3 is 0 Å². The lowest BCUT2D eigenvalue weighted by atomic mass is 10.3. The molecule has 1 amide bonds. The molecule has 0 aliphatic heterocycles. The number of nitrogens with one attached hydrogen (secondary N) is 1. The number of aryl methyl sites for hydroxylation is 1. The van der Waals surface area contributed by atoms with Crippen LogP contribution in [0.5, 0.6) is 5.75 Å². The first kappa shape index (κ1) is 17.5. The lowest BCUT2D eigenvalue weighted by Gasteiger charge is -2.06. The predicted octanol–water partition coefficient (Wildman–Crippen LogP) is 3.41. The van der Waals surface area contributed by atoms with Gasteiger partial charge in [0.1, 0.15) is 18.1 Å². The smallest absolute Gasteiger partial charge is 0.292 e. The Morgan fingerprint density at radius 2 is 2.19 bits per heavy atom. The monoisotopic (exact) mass is 376 g/mol. The molecule has 0 spiro atoms. The van der Waals surface area contributed by atoms with Crippen molar-refractivity contribution in [2.24, 2.45) is 7.05 Å². The fourth-order valence-corrected chi connectivity index (χ4v) is 2.34. The van der Waals surface area contributed by atoms with Crippen molar-refractivity contribution in [3.05, 3.63) is 69.3 Å². The van der Waals surface area contributed by atoms with Crippen LogP contribution in [-0.4, -0.2) is 20.6 Å². The van der Waals surface area contributed by atoms with Gasteiger partial charge in [-0.05, 0) is 18.2 Å². The first-order valence-corrected chi connectivity index (χ1v) is 7.76. The maximum Gasteiger partial charge on any atom is 0.292 e. The van der Waals surface area contributed by atoms with Gasteiger partial charge in [0, 0.05) is 31.4 Å². The van der Waals surface area contributed by atoms with Crippen molar-refractivity contribution in [2.45, 2.75) is 6.61 Å². The number of carbonyl (C=O) groups excluding carboxylic acids is 1. The average Bonchev–Trinajstić information content (AvgIpc) is 3.22. The Morgan fingerprint density at radius 3 is 2.85 bits per heavy atom. The van der Waals surface area contributed by atoms with Crippen LogP contribution in [0.25, 0.3) is 0 Å². The third-order valence-corrected chi connectivity index (χ3v) is 3.63. The minimum atomic E-state index is -0.547. The third kappa shape index (κ3) is 4.01. The van der Waals surface area contributed by atoms with Crippen LogP contribution in [0.4, 0.5) is 11.5 Å². The highest BCUT2D eigenvalue weighted by molar-refractivity contribution is 6.32. The molecule has 3 rings (SSSR count). The van der Waals surface area contributed by atoms with E-state index >= 15 is 0 Å². The molecule has 2 heterocycles. The summed E-state index contributed by atoms with van der Waals surface area (Å²) in [4.78, 5) is 22.2. The molecule has 0 fully saturated rings. The van der Waals surface area contributed by atoms with Crippen molar-refractivity contribution in [2.75, 3.05) is 5.32 Å². The summed E-state index contributed by atoms with van der Waals surface area (Å²) >= 11 is 5.95. The SMILES string of the molecule is Cn1ccc(NC(=O)c2ccc(COc3ccc([N+](=O)[O-])cc3Cl)o2)n1. The van der Waals surface area contributed by atoms with E-state index in [9.17, 15) is 14.9 Å². The quantitative estimate of drug-likeness (QED) is 0.521. The fourth-order valence-electron chi connectivity index (χ4n) is 2.11. The zero-order valence-corrected chi connectivity index (χ0v) is 14.3. The summed E-state index contributed by atoms with van der Waals surface area (Å²) in [5.41, 5.74) is -0.131. The van der Waals surface area contributed by atoms with Gasteiger partial charge in [0.2, 0.25) is 0 Å². The molecule has 0 saturated carbocycles. The Balaban J connectivity index is 1.61. The van der Waals surface area contributed by atoms with E-state index in [0.29, 0.717) is 11.6 Å². The maximum atomic E-state index is 12.1. The second kappa shape index (κ2) is 7.28. The lowest BCUT2D eigenvalue weighted by Crippen LogP contribution is -2.11. The van der Waals surface area contributed by atoms with Crippen LogP contribution in [0.3, 0.4) is 0 Å². The van der Waals surface area contributed by atoms with Crippen LogP contribution < -0.4 is 10.1 Å². The van der Waals surface area contributed by atoms with Crippen molar-refractivity contribution in [1.82, 2.24) is 9.78 Å². The molecule has 1 N–H and O–H groups in total. The van der Waals surface area contributed by atoms with Crippen LogP contribution in [0.15, 0.2) is 47.0 Å². The normalized spacial score (nSPS) is 10.5. The summed E-state index contributed by atoms with van der Waals surface area (Å²) in [6.07, 6.45) is 1.70. The second-order valence-electron chi connectivity index (χ2n) is 5.26. The van der Waals surface area contributed by atoms with E-state index in [1.807, 2.05) is 0 Å². The molecular weight excluding hydrogens is 364 g/mol. The summed E-state index contributed by atoms with van der Waals surface area (Å²) in [5.74, 6) is 0.732. The third-order valence-electron chi connectivity index (χ3n) is 3.34. The Labute approximate surface area is 152 Å². The summed E-state index contributed by atoms with van der Waals surface area (Å²) in [5, 5.41) is 17.4. The molecule has 0 radical (unpaired) electrons. The highest BCUT2D eigenvalue weighted by Gasteiger charge is 2.14. The highest BCUT2D eigenvalue weighted by atomic mass is 35.5. The highest BCUT2D eigenvalue weighted by Crippen LogP contribution is 2.29. The van der Waals surface area contributed by atoms with Crippen LogP contribution in [-0.2, 0) is 13.7 Å². The number of nitro benzene ring substituents is 1. The van der Waals surface area contributed by atoms with Gasteiger partial charge in [-0.3, -0.25) is 19.6 Å². The van der Waals surface area contributed by atoms with Gasteiger partial charge in [-0.1, -0.05) is 11.6 Å². The molecule has 0 atom stereocenters. The number of nitro groups is 1. The summed E-state index contributed by atoms with van der Waals surface area (Å²) < 4.78 is 12.5. The fraction of sp³-hybridized carbons (Fsp3) is 0.125. The van der Waals surface area contributed by atoms with Crippen LogP contribution in [0.2, 0.25) is 5.02 Å². The topological polar surface area (TPSA) is 112 Å². The molecule has 134 valence electrons. The minimum absolute atomic E-state index is 0.00833. The summed E-state index contributed by atoms with van der Waals surface area (Å²) in [6.45, 7) is 0.00833. The van der Waals surface area contributed by atoms with E-state index in [0.717, 1.165) is 0 Å². The van der Waals surface area contributed by atoms with Crippen LogP contribution in [0, 0.1) is 10.1 Å². The number of hydrogen-bond acceptors (Lipinski definition) is 6. The number of benzene rings is 1. The van der Waals surface area contributed by atoms with E-state index in [-0.39, 0.29) is 28.8 Å². The number of ether oxygens (including phenoxy) is 1. The average molecular weight is 377 g/mol. The molecule has 0 aliphatic carbocycles. The zero-order valence-electron chi connectivity index (χ0n) is 13.5. The molecule has 10 heteroatoms. The number of aromatic nitrogens is 2. The van der Waals surface area contributed by atoms with E-state index in [4.69, 9.17) is 20.8 Å². The first-order valence-electron chi connectivity index (χ1n) is 7.39. The van der Waals surface area contributed by atoms with Crippen molar-refractivity contribution < 1.29 is 18.9 Å². The standard InChI is InChI=1S/C16H13ClN4O5/c1-20-7-6-15(19-20)18-16(22)14-5-3-11(26-14)9-25-13-4-2-10(21(23)24)8-12(13)17/h2-8H,9H2,1H3,(H,18,19,22). The van der Waals surface area contributed by atoms with Gasteiger partial charge in [-0.15, -0.1) is 0 Å². The van der Waals surface area contributed by atoms with E-state index in [2.05, 4.69) is 10.4 Å². The maximum absolute atomic E-state index is 12.1. The van der Waals surface area contributed by atoms with Gasteiger partial charge in [0.15, 0.2) is 11.6 Å².